The maximum atomic E-state index is 13.1. The Morgan fingerprint density at radius 3 is 2.54 bits per heavy atom. The number of benzene rings is 1. The molecule has 7 heteroatoms. The van der Waals surface area contributed by atoms with E-state index in [9.17, 15) is 14.5 Å². The van der Waals surface area contributed by atoms with Gasteiger partial charge in [0.1, 0.15) is 0 Å². The monoisotopic (exact) mass is 335 g/mol. The first-order valence-corrected chi connectivity index (χ1v) is 4.76. The standard InChI is InChI=1S/C6HCl2FINO2/c7-2-1-3(11(12)13)5(9)4(8)6(2)10/h1H. The number of hydrogen-bond donors (Lipinski definition) is 0. The van der Waals surface area contributed by atoms with Gasteiger partial charge < -0.3 is 0 Å². The fraction of sp³-hybridized carbons (Fsp3) is 0. The van der Waals surface area contributed by atoms with Gasteiger partial charge in [-0.15, -0.1) is 0 Å². The second-order valence-electron chi connectivity index (χ2n) is 2.08. The van der Waals surface area contributed by atoms with Gasteiger partial charge in [-0.3, -0.25) is 10.1 Å². The van der Waals surface area contributed by atoms with Crippen molar-refractivity contribution >= 4 is 51.5 Å². The van der Waals surface area contributed by atoms with Crippen molar-refractivity contribution in [1.29, 1.82) is 0 Å². The van der Waals surface area contributed by atoms with Crippen LogP contribution in [0.15, 0.2) is 6.07 Å². The molecule has 0 aromatic heterocycles. The third-order valence-corrected chi connectivity index (χ3v) is 3.69. The van der Waals surface area contributed by atoms with Crippen molar-refractivity contribution in [2.45, 2.75) is 0 Å². The number of hydrogen-bond acceptors (Lipinski definition) is 2. The molecule has 0 aliphatic rings. The predicted molar refractivity (Wildman–Crippen MR) is 55.8 cm³/mol. The number of nitro benzene ring substituents is 1. The molecule has 1 aromatic carbocycles. The quantitative estimate of drug-likeness (QED) is 0.258. The SMILES string of the molecule is O=[N+]([O-])c1cc(Cl)c(I)c(Cl)c1F. The van der Waals surface area contributed by atoms with Crippen LogP contribution in [0.25, 0.3) is 0 Å². The zero-order valence-corrected chi connectivity index (χ0v) is 9.52. The molecule has 70 valence electrons. The third-order valence-electron chi connectivity index (χ3n) is 1.28. The highest BCUT2D eigenvalue weighted by Gasteiger charge is 2.21. The molecule has 0 amide bonds. The number of halogens is 4. The zero-order chi connectivity index (χ0) is 10.2. The van der Waals surface area contributed by atoms with Crippen molar-refractivity contribution in [3.63, 3.8) is 0 Å². The molecule has 1 aromatic rings. The van der Waals surface area contributed by atoms with E-state index >= 15 is 0 Å². The van der Waals surface area contributed by atoms with Crippen molar-refractivity contribution in [3.8, 4) is 0 Å². The van der Waals surface area contributed by atoms with Gasteiger partial charge in [0.15, 0.2) is 0 Å². The highest BCUT2D eigenvalue weighted by Crippen LogP contribution is 2.34. The lowest BCUT2D eigenvalue weighted by Crippen LogP contribution is -1.95. The summed E-state index contributed by atoms with van der Waals surface area (Å²) in [5.74, 6) is -1.06. The normalized spacial score (nSPS) is 10.2. The molecule has 13 heavy (non-hydrogen) atoms. The van der Waals surface area contributed by atoms with E-state index in [1.807, 2.05) is 0 Å². The minimum Gasteiger partial charge on any atom is -0.258 e. The van der Waals surface area contributed by atoms with E-state index in [-0.39, 0.29) is 13.6 Å². The Kier molecular flexibility index (Phi) is 3.31. The van der Waals surface area contributed by atoms with E-state index in [2.05, 4.69) is 0 Å². The van der Waals surface area contributed by atoms with Crippen LogP contribution in [0.5, 0.6) is 0 Å². The molecule has 0 radical (unpaired) electrons. The van der Waals surface area contributed by atoms with Gasteiger partial charge in [0.2, 0.25) is 5.82 Å². The van der Waals surface area contributed by atoms with Crippen LogP contribution >= 0.6 is 45.8 Å². The van der Waals surface area contributed by atoms with Crippen LogP contribution in [0, 0.1) is 19.5 Å². The van der Waals surface area contributed by atoms with Crippen molar-refractivity contribution in [2.75, 3.05) is 0 Å². The highest BCUT2D eigenvalue weighted by atomic mass is 127. The van der Waals surface area contributed by atoms with Gasteiger partial charge in [-0.25, -0.2) is 0 Å². The predicted octanol–water partition coefficient (Wildman–Crippen LogP) is 3.65. The lowest BCUT2D eigenvalue weighted by Gasteiger charge is -2.00. The van der Waals surface area contributed by atoms with Crippen molar-refractivity contribution in [3.05, 3.63) is 35.6 Å². The minimum atomic E-state index is -1.06. The Morgan fingerprint density at radius 2 is 2.08 bits per heavy atom. The van der Waals surface area contributed by atoms with Crippen molar-refractivity contribution < 1.29 is 9.31 Å². The summed E-state index contributed by atoms with van der Waals surface area (Å²) in [6, 6.07) is 0.935. The Hall–Kier alpha value is -0.140. The summed E-state index contributed by atoms with van der Waals surface area (Å²) < 4.78 is 13.3. The molecule has 1 rings (SSSR count). The van der Waals surface area contributed by atoms with E-state index in [1.54, 1.807) is 22.6 Å². The van der Waals surface area contributed by atoms with Crippen LogP contribution in [0.4, 0.5) is 10.1 Å². The number of nitrogens with zero attached hydrogens (tertiary/aromatic N) is 1. The van der Waals surface area contributed by atoms with Crippen LogP contribution < -0.4 is 0 Å². The third kappa shape index (κ3) is 2.03. The van der Waals surface area contributed by atoms with Crippen LogP contribution in [0.1, 0.15) is 0 Å². The highest BCUT2D eigenvalue weighted by molar-refractivity contribution is 14.1. The lowest BCUT2D eigenvalue weighted by atomic mass is 10.3. The first kappa shape index (κ1) is 10.9. The summed E-state index contributed by atoms with van der Waals surface area (Å²) in [6.07, 6.45) is 0. The maximum Gasteiger partial charge on any atom is 0.307 e. The molecule has 0 atom stereocenters. The first-order chi connectivity index (χ1) is 5.95. The zero-order valence-electron chi connectivity index (χ0n) is 5.85. The van der Waals surface area contributed by atoms with Crippen LogP contribution in [-0.2, 0) is 0 Å². The minimum absolute atomic E-state index is 0.0682. The largest absolute Gasteiger partial charge is 0.307 e. The van der Waals surface area contributed by atoms with E-state index in [0.29, 0.717) is 0 Å². The molecule has 0 aliphatic carbocycles. The Balaban J connectivity index is 3.50. The molecule has 0 fully saturated rings. The summed E-state index contributed by atoms with van der Waals surface area (Å²) in [5, 5.41) is 10.0. The molecular weight excluding hydrogens is 335 g/mol. The van der Waals surface area contributed by atoms with Gasteiger partial charge in [0, 0.05) is 6.07 Å². The van der Waals surface area contributed by atoms with Crippen LogP contribution in [0.2, 0.25) is 10.0 Å². The summed E-state index contributed by atoms with van der Waals surface area (Å²) in [7, 11) is 0. The summed E-state index contributed by atoms with van der Waals surface area (Å²) in [5.41, 5.74) is -0.713. The summed E-state index contributed by atoms with van der Waals surface area (Å²) >= 11 is 12.7. The lowest BCUT2D eigenvalue weighted by molar-refractivity contribution is -0.387. The Morgan fingerprint density at radius 1 is 1.54 bits per heavy atom. The Labute approximate surface area is 96.1 Å². The van der Waals surface area contributed by atoms with Crippen molar-refractivity contribution in [1.82, 2.24) is 0 Å². The summed E-state index contributed by atoms with van der Waals surface area (Å²) in [6.45, 7) is 0. The second kappa shape index (κ2) is 3.93. The average Bonchev–Trinajstić information content (AvgIpc) is 2.07. The molecule has 0 aliphatic heterocycles. The smallest absolute Gasteiger partial charge is 0.258 e. The van der Waals surface area contributed by atoms with E-state index in [0.717, 1.165) is 6.07 Å². The van der Waals surface area contributed by atoms with Gasteiger partial charge in [-0.05, 0) is 22.6 Å². The fourth-order valence-electron chi connectivity index (χ4n) is 0.693. The molecule has 0 saturated carbocycles. The molecule has 0 spiro atoms. The van der Waals surface area contributed by atoms with Crippen molar-refractivity contribution in [2.24, 2.45) is 0 Å². The maximum absolute atomic E-state index is 13.1. The fourth-order valence-corrected chi connectivity index (χ4v) is 1.53. The molecular formula is C6HCl2FINO2. The molecule has 0 bridgehead atoms. The molecule has 3 nitrogen and oxygen atoms in total. The van der Waals surface area contributed by atoms with E-state index in [4.69, 9.17) is 23.2 Å². The van der Waals surface area contributed by atoms with Gasteiger partial charge >= 0.3 is 5.69 Å². The van der Waals surface area contributed by atoms with Gasteiger partial charge in [0.25, 0.3) is 0 Å². The topological polar surface area (TPSA) is 43.1 Å². The molecule has 0 saturated heterocycles. The molecule has 0 unspecified atom stereocenters. The van der Waals surface area contributed by atoms with Gasteiger partial charge in [-0.2, -0.15) is 4.39 Å². The van der Waals surface area contributed by atoms with E-state index < -0.39 is 16.4 Å². The summed E-state index contributed by atoms with van der Waals surface area (Å²) in [4.78, 5) is 9.41. The van der Waals surface area contributed by atoms with Gasteiger partial charge in [0.05, 0.1) is 18.5 Å². The Bertz CT molecular complexity index is 385. The average molecular weight is 336 g/mol. The number of rotatable bonds is 1. The number of nitro groups is 1. The second-order valence-corrected chi connectivity index (χ2v) is 3.94. The van der Waals surface area contributed by atoms with E-state index in [1.165, 1.54) is 0 Å². The first-order valence-electron chi connectivity index (χ1n) is 2.92. The molecule has 0 heterocycles. The van der Waals surface area contributed by atoms with Crippen LogP contribution in [0.3, 0.4) is 0 Å². The van der Waals surface area contributed by atoms with Gasteiger partial charge in [-0.1, -0.05) is 23.2 Å². The van der Waals surface area contributed by atoms with Crippen LogP contribution in [-0.4, -0.2) is 4.92 Å². The molecule has 0 N–H and O–H groups in total.